The summed E-state index contributed by atoms with van der Waals surface area (Å²) in [4.78, 5) is 11.9. The van der Waals surface area contributed by atoms with Crippen molar-refractivity contribution in [1.29, 1.82) is 0 Å². The monoisotopic (exact) mass is 288 g/mol. The minimum Gasteiger partial charge on any atom is -0.353 e. The summed E-state index contributed by atoms with van der Waals surface area (Å²) >= 11 is 3.77. The van der Waals surface area contributed by atoms with Crippen molar-refractivity contribution in [2.45, 2.75) is 48.6 Å². The average Bonchev–Trinajstić information content (AvgIpc) is 2.85. The first-order chi connectivity index (χ1) is 8.78. The predicted octanol–water partition coefficient (Wildman–Crippen LogP) is 1.87. The van der Waals surface area contributed by atoms with E-state index in [0.717, 1.165) is 31.2 Å². The molecule has 2 aliphatic rings. The predicted molar refractivity (Wildman–Crippen MR) is 81.4 cm³/mol. The van der Waals surface area contributed by atoms with Crippen LogP contribution in [-0.2, 0) is 4.79 Å². The Balaban J connectivity index is 1.60. The second-order valence-corrected chi connectivity index (χ2v) is 7.62. The highest BCUT2D eigenvalue weighted by molar-refractivity contribution is 8.00. The van der Waals surface area contributed by atoms with Crippen molar-refractivity contribution in [2.75, 3.05) is 25.1 Å². The van der Waals surface area contributed by atoms with E-state index < -0.39 is 0 Å². The molecule has 1 saturated heterocycles. The van der Waals surface area contributed by atoms with Crippen molar-refractivity contribution >= 4 is 29.4 Å². The number of thioether (sulfide) groups is 2. The van der Waals surface area contributed by atoms with E-state index in [1.54, 1.807) is 0 Å². The molecular weight excluding hydrogens is 264 g/mol. The molecule has 1 amide bonds. The number of hydrogen-bond donors (Lipinski definition) is 2. The topological polar surface area (TPSA) is 41.1 Å². The van der Waals surface area contributed by atoms with Gasteiger partial charge in [0, 0.05) is 16.5 Å². The van der Waals surface area contributed by atoms with Crippen LogP contribution in [0, 0.1) is 0 Å². The molecule has 18 heavy (non-hydrogen) atoms. The zero-order valence-electron chi connectivity index (χ0n) is 11.1. The Kier molecular flexibility index (Phi) is 6.18. The minimum absolute atomic E-state index is 0.241. The van der Waals surface area contributed by atoms with Gasteiger partial charge in [-0.3, -0.25) is 4.79 Å². The highest BCUT2D eigenvalue weighted by Crippen LogP contribution is 2.28. The second kappa shape index (κ2) is 7.65. The van der Waals surface area contributed by atoms with Crippen LogP contribution in [0.2, 0.25) is 0 Å². The van der Waals surface area contributed by atoms with Gasteiger partial charge in [0.2, 0.25) is 5.91 Å². The lowest BCUT2D eigenvalue weighted by Crippen LogP contribution is -2.35. The van der Waals surface area contributed by atoms with Crippen LogP contribution < -0.4 is 10.6 Å². The number of carbonyl (C=O) groups excluding carboxylic acids is 1. The molecule has 2 unspecified atom stereocenters. The number of rotatable bonds is 5. The van der Waals surface area contributed by atoms with Crippen molar-refractivity contribution < 1.29 is 4.79 Å². The van der Waals surface area contributed by atoms with Crippen molar-refractivity contribution in [3.8, 4) is 0 Å². The van der Waals surface area contributed by atoms with E-state index in [0.29, 0.717) is 17.0 Å². The van der Waals surface area contributed by atoms with Crippen molar-refractivity contribution in [3.63, 3.8) is 0 Å². The molecule has 1 aliphatic heterocycles. The SMILES string of the molecule is CSC1CCC(NC(=O)CSC2CCNCC2)C1. The van der Waals surface area contributed by atoms with Gasteiger partial charge in [-0.25, -0.2) is 0 Å². The molecule has 2 atom stereocenters. The van der Waals surface area contributed by atoms with E-state index in [1.807, 2.05) is 23.5 Å². The molecule has 1 heterocycles. The van der Waals surface area contributed by atoms with Crippen LogP contribution in [0.5, 0.6) is 0 Å². The number of piperidine rings is 1. The van der Waals surface area contributed by atoms with Gasteiger partial charge >= 0.3 is 0 Å². The van der Waals surface area contributed by atoms with Crippen molar-refractivity contribution in [3.05, 3.63) is 0 Å². The van der Waals surface area contributed by atoms with Crippen LogP contribution in [0.4, 0.5) is 0 Å². The molecule has 0 aromatic carbocycles. The molecule has 0 radical (unpaired) electrons. The summed E-state index contributed by atoms with van der Waals surface area (Å²) in [6.45, 7) is 2.22. The number of amides is 1. The van der Waals surface area contributed by atoms with Gasteiger partial charge in [0.15, 0.2) is 0 Å². The fourth-order valence-corrected chi connectivity index (χ4v) is 4.55. The van der Waals surface area contributed by atoms with E-state index in [4.69, 9.17) is 0 Å². The first-order valence-electron chi connectivity index (χ1n) is 6.92. The minimum atomic E-state index is 0.241. The largest absolute Gasteiger partial charge is 0.353 e. The molecule has 0 spiro atoms. The fraction of sp³-hybridized carbons (Fsp3) is 0.923. The Morgan fingerprint density at radius 3 is 2.67 bits per heavy atom. The Hall–Kier alpha value is 0.130. The summed E-state index contributed by atoms with van der Waals surface area (Å²) < 4.78 is 0. The quantitative estimate of drug-likeness (QED) is 0.810. The zero-order valence-corrected chi connectivity index (χ0v) is 12.7. The Morgan fingerprint density at radius 2 is 2.00 bits per heavy atom. The Morgan fingerprint density at radius 1 is 1.22 bits per heavy atom. The Labute approximate surface area is 119 Å². The summed E-state index contributed by atoms with van der Waals surface area (Å²) in [6.07, 6.45) is 8.15. The van der Waals surface area contributed by atoms with Gasteiger partial charge in [-0.2, -0.15) is 11.8 Å². The lowest BCUT2D eigenvalue weighted by atomic mass is 10.2. The molecule has 3 nitrogen and oxygen atoms in total. The van der Waals surface area contributed by atoms with Crippen molar-refractivity contribution in [1.82, 2.24) is 10.6 Å². The van der Waals surface area contributed by atoms with Crippen LogP contribution in [0.25, 0.3) is 0 Å². The first kappa shape index (κ1) is 14.5. The highest BCUT2D eigenvalue weighted by Gasteiger charge is 2.25. The molecule has 5 heteroatoms. The highest BCUT2D eigenvalue weighted by atomic mass is 32.2. The smallest absolute Gasteiger partial charge is 0.230 e. The zero-order chi connectivity index (χ0) is 12.8. The third-order valence-corrected chi connectivity index (χ3v) is 6.29. The van der Waals surface area contributed by atoms with Crippen LogP contribution in [0.15, 0.2) is 0 Å². The number of nitrogens with one attached hydrogen (secondary N) is 2. The van der Waals surface area contributed by atoms with Crippen LogP contribution >= 0.6 is 23.5 Å². The number of carbonyl (C=O) groups is 1. The molecule has 0 bridgehead atoms. The van der Waals surface area contributed by atoms with E-state index in [1.165, 1.54) is 19.3 Å². The fourth-order valence-electron chi connectivity index (χ4n) is 2.71. The van der Waals surface area contributed by atoms with Crippen LogP contribution in [-0.4, -0.2) is 47.5 Å². The summed E-state index contributed by atoms with van der Waals surface area (Å²) in [6, 6.07) is 0.434. The molecule has 0 aromatic rings. The molecule has 2 rings (SSSR count). The van der Waals surface area contributed by atoms with Gasteiger partial charge in [-0.15, -0.1) is 11.8 Å². The summed E-state index contributed by atoms with van der Waals surface area (Å²) in [5, 5.41) is 7.99. The lowest BCUT2D eigenvalue weighted by Gasteiger charge is -2.22. The van der Waals surface area contributed by atoms with Gasteiger partial charge in [0.25, 0.3) is 0 Å². The standard InChI is InChI=1S/C13H24N2OS2/c1-17-12-3-2-10(8-12)15-13(16)9-18-11-4-6-14-7-5-11/h10-12,14H,2-9H2,1H3,(H,15,16). The van der Waals surface area contributed by atoms with E-state index in [-0.39, 0.29) is 5.91 Å². The second-order valence-electron chi connectivity index (χ2n) is 5.20. The molecule has 104 valence electrons. The third-order valence-electron chi connectivity index (χ3n) is 3.82. The van der Waals surface area contributed by atoms with Crippen molar-refractivity contribution in [2.24, 2.45) is 0 Å². The molecule has 2 fully saturated rings. The summed E-state index contributed by atoms with van der Waals surface area (Å²) in [5.41, 5.74) is 0. The summed E-state index contributed by atoms with van der Waals surface area (Å²) in [7, 11) is 0. The van der Waals surface area contributed by atoms with Gasteiger partial charge in [-0.1, -0.05) is 0 Å². The maximum Gasteiger partial charge on any atom is 0.230 e. The maximum atomic E-state index is 11.9. The Bertz CT molecular complexity index is 270. The van der Waals surface area contributed by atoms with E-state index in [9.17, 15) is 4.79 Å². The van der Waals surface area contributed by atoms with Gasteiger partial charge in [-0.05, 0) is 51.4 Å². The van der Waals surface area contributed by atoms with E-state index >= 15 is 0 Å². The number of hydrogen-bond acceptors (Lipinski definition) is 4. The molecule has 0 aromatic heterocycles. The van der Waals surface area contributed by atoms with Gasteiger partial charge in [0.1, 0.15) is 0 Å². The van der Waals surface area contributed by atoms with Crippen LogP contribution in [0.3, 0.4) is 0 Å². The van der Waals surface area contributed by atoms with E-state index in [2.05, 4.69) is 16.9 Å². The maximum absolute atomic E-state index is 11.9. The third kappa shape index (κ3) is 4.67. The van der Waals surface area contributed by atoms with Crippen LogP contribution in [0.1, 0.15) is 32.1 Å². The molecule has 2 N–H and O–H groups in total. The normalized spacial score (nSPS) is 29.4. The van der Waals surface area contributed by atoms with Gasteiger partial charge in [0.05, 0.1) is 5.75 Å². The molecular formula is C13H24N2OS2. The summed E-state index contributed by atoms with van der Waals surface area (Å²) in [5.74, 6) is 0.885. The lowest BCUT2D eigenvalue weighted by molar-refractivity contribution is -0.119. The van der Waals surface area contributed by atoms with Gasteiger partial charge < -0.3 is 10.6 Å². The average molecular weight is 288 g/mol. The molecule has 1 aliphatic carbocycles. The molecule has 1 saturated carbocycles. The first-order valence-corrected chi connectivity index (χ1v) is 9.26.